The van der Waals surface area contributed by atoms with Crippen molar-refractivity contribution in [3.8, 4) is 11.4 Å². The summed E-state index contributed by atoms with van der Waals surface area (Å²) in [4.78, 5) is 6.77. The Morgan fingerprint density at radius 1 is 1.26 bits per heavy atom. The number of H-pyrrole nitrogens is 1. The molecule has 0 bridgehead atoms. The fourth-order valence-corrected chi connectivity index (χ4v) is 2.34. The van der Waals surface area contributed by atoms with Gasteiger partial charge in [-0.05, 0) is 12.0 Å². The Kier molecular flexibility index (Phi) is 3.46. The average Bonchev–Trinajstić information content (AvgIpc) is 2.98. The summed E-state index contributed by atoms with van der Waals surface area (Å²) >= 11 is 0. The van der Waals surface area contributed by atoms with Crippen molar-refractivity contribution in [2.24, 2.45) is 0 Å². The summed E-state index contributed by atoms with van der Waals surface area (Å²) in [6.45, 7) is 5.35. The zero-order valence-corrected chi connectivity index (χ0v) is 11.1. The lowest BCUT2D eigenvalue weighted by atomic mass is 10.1. The molecule has 0 atom stereocenters. The minimum atomic E-state index is 0.745. The number of hydrogen-bond acceptors (Lipinski definition) is 4. The highest BCUT2D eigenvalue weighted by Crippen LogP contribution is 2.22. The number of nitrogens with one attached hydrogen (secondary N) is 1. The molecule has 0 spiro atoms. The standard InChI is InChI=1S/C14H18N4O/c1-2-11-5-3-4-6-12(11)13-15-14(17-16-13)18-7-9-19-10-8-18/h3-6H,2,7-10H2,1H3,(H,15,16,17). The molecule has 0 unspecified atom stereocenters. The SMILES string of the molecule is CCc1ccccc1-c1nc(N2CCOCC2)n[nH]1. The maximum atomic E-state index is 5.34. The van der Waals surface area contributed by atoms with Crippen LogP contribution in [0.25, 0.3) is 11.4 Å². The van der Waals surface area contributed by atoms with Crippen LogP contribution in [0.4, 0.5) is 5.95 Å². The van der Waals surface area contributed by atoms with E-state index in [-0.39, 0.29) is 0 Å². The summed E-state index contributed by atoms with van der Waals surface area (Å²) in [6, 6.07) is 8.31. The number of ether oxygens (including phenoxy) is 1. The maximum absolute atomic E-state index is 5.34. The molecule has 2 heterocycles. The van der Waals surface area contributed by atoms with E-state index >= 15 is 0 Å². The Bertz CT molecular complexity index is 546. The topological polar surface area (TPSA) is 54.0 Å². The molecule has 1 aromatic carbocycles. The van der Waals surface area contributed by atoms with Crippen molar-refractivity contribution in [2.75, 3.05) is 31.2 Å². The van der Waals surface area contributed by atoms with Gasteiger partial charge in [0.05, 0.1) is 13.2 Å². The molecule has 0 radical (unpaired) electrons. The molecule has 1 aliphatic heterocycles. The number of aryl methyl sites for hydroxylation is 1. The van der Waals surface area contributed by atoms with Gasteiger partial charge in [0, 0.05) is 18.7 Å². The van der Waals surface area contributed by atoms with Crippen LogP contribution in [0, 0.1) is 0 Å². The van der Waals surface area contributed by atoms with Gasteiger partial charge in [-0.1, -0.05) is 31.2 Å². The van der Waals surface area contributed by atoms with Crippen LogP contribution >= 0.6 is 0 Å². The summed E-state index contributed by atoms with van der Waals surface area (Å²) in [6.07, 6.45) is 0.990. The predicted molar refractivity (Wildman–Crippen MR) is 74.2 cm³/mol. The molecule has 1 aliphatic rings. The third kappa shape index (κ3) is 2.46. The summed E-state index contributed by atoms with van der Waals surface area (Å²) in [7, 11) is 0. The molecule has 1 aromatic heterocycles. The fraction of sp³-hybridized carbons (Fsp3) is 0.429. The number of aromatic nitrogens is 3. The molecular weight excluding hydrogens is 240 g/mol. The van der Waals surface area contributed by atoms with Crippen LogP contribution in [0.5, 0.6) is 0 Å². The molecule has 1 N–H and O–H groups in total. The van der Waals surface area contributed by atoms with Gasteiger partial charge < -0.3 is 9.64 Å². The molecule has 100 valence electrons. The van der Waals surface area contributed by atoms with E-state index < -0.39 is 0 Å². The summed E-state index contributed by atoms with van der Waals surface area (Å²) in [5, 5.41) is 7.38. The first-order chi connectivity index (χ1) is 9.38. The van der Waals surface area contributed by atoms with Crippen LogP contribution in [-0.2, 0) is 11.2 Å². The lowest BCUT2D eigenvalue weighted by Gasteiger charge is -2.25. The second-order valence-electron chi connectivity index (χ2n) is 4.59. The average molecular weight is 258 g/mol. The quantitative estimate of drug-likeness (QED) is 0.913. The number of hydrogen-bond donors (Lipinski definition) is 1. The zero-order valence-electron chi connectivity index (χ0n) is 11.1. The van der Waals surface area contributed by atoms with Crippen LogP contribution in [-0.4, -0.2) is 41.5 Å². The lowest BCUT2D eigenvalue weighted by molar-refractivity contribution is 0.122. The molecule has 19 heavy (non-hydrogen) atoms. The van der Waals surface area contributed by atoms with Gasteiger partial charge in [-0.3, -0.25) is 5.10 Å². The Morgan fingerprint density at radius 3 is 2.84 bits per heavy atom. The van der Waals surface area contributed by atoms with Crippen molar-refractivity contribution in [1.82, 2.24) is 15.2 Å². The van der Waals surface area contributed by atoms with E-state index in [0.717, 1.165) is 50.1 Å². The number of nitrogens with zero attached hydrogens (tertiary/aromatic N) is 3. The Labute approximate surface area is 112 Å². The van der Waals surface area contributed by atoms with E-state index in [0.29, 0.717) is 0 Å². The predicted octanol–water partition coefficient (Wildman–Crippen LogP) is 1.87. The summed E-state index contributed by atoms with van der Waals surface area (Å²) in [5.74, 6) is 1.61. The van der Waals surface area contributed by atoms with Gasteiger partial charge in [0.1, 0.15) is 0 Å². The molecular formula is C14H18N4O. The molecule has 3 rings (SSSR count). The first-order valence-corrected chi connectivity index (χ1v) is 6.72. The van der Waals surface area contributed by atoms with Crippen molar-refractivity contribution in [2.45, 2.75) is 13.3 Å². The number of morpholine rings is 1. The Balaban J connectivity index is 1.88. The number of aromatic amines is 1. The van der Waals surface area contributed by atoms with E-state index in [1.807, 2.05) is 6.07 Å². The van der Waals surface area contributed by atoms with Gasteiger partial charge in [0.15, 0.2) is 5.82 Å². The summed E-state index contributed by atoms with van der Waals surface area (Å²) in [5.41, 5.74) is 2.42. The highest BCUT2D eigenvalue weighted by atomic mass is 16.5. The Hall–Kier alpha value is -1.88. The van der Waals surface area contributed by atoms with Crippen molar-refractivity contribution in [3.05, 3.63) is 29.8 Å². The van der Waals surface area contributed by atoms with Crippen LogP contribution in [0.1, 0.15) is 12.5 Å². The Morgan fingerprint density at radius 2 is 2.05 bits per heavy atom. The normalized spacial score (nSPS) is 15.7. The zero-order chi connectivity index (χ0) is 13.1. The van der Waals surface area contributed by atoms with Crippen molar-refractivity contribution in [3.63, 3.8) is 0 Å². The molecule has 0 amide bonds. The van der Waals surface area contributed by atoms with E-state index in [4.69, 9.17) is 4.74 Å². The van der Waals surface area contributed by atoms with Crippen molar-refractivity contribution < 1.29 is 4.74 Å². The van der Waals surface area contributed by atoms with Crippen LogP contribution < -0.4 is 4.90 Å². The van der Waals surface area contributed by atoms with Crippen molar-refractivity contribution >= 4 is 5.95 Å². The first kappa shape index (κ1) is 12.2. The monoisotopic (exact) mass is 258 g/mol. The molecule has 5 nitrogen and oxygen atoms in total. The van der Waals surface area contributed by atoms with E-state index in [9.17, 15) is 0 Å². The minimum absolute atomic E-state index is 0.745. The molecule has 2 aromatic rings. The van der Waals surface area contributed by atoms with Crippen molar-refractivity contribution in [1.29, 1.82) is 0 Å². The van der Waals surface area contributed by atoms with Gasteiger partial charge in [0.2, 0.25) is 5.95 Å². The van der Waals surface area contributed by atoms with Crippen LogP contribution in [0.3, 0.4) is 0 Å². The highest BCUT2D eigenvalue weighted by Gasteiger charge is 2.16. The van der Waals surface area contributed by atoms with Gasteiger partial charge in [-0.25, -0.2) is 0 Å². The molecule has 0 saturated carbocycles. The summed E-state index contributed by atoms with van der Waals surface area (Å²) < 4.78 is 5.34. The van der Waals surface area contributed by atoms with Crippen LogP contribution in [0.15, 0.2) is 24.3 Å². The highest BCUT2D eigenvalue weighted by molar-refractivity contribution is 5.61. The molecule has 0 aliphatic carbocycles. The van der Waals surface area contributed by atoms with E-state index in [1.165, 1.54) is 5.56 Å². The molecule has 5 heteroatoms. The van der Waals surface area contributed by atoms with Gasteiger partial charge in [-0.2, -0.15) is 4.98 Å². The third-order valence-corrected chi connectivity index (χ3v) is 3.42. The number of anilines is 1. The van der Waals surface area contributed by atoms with Gasteiger partial charge in [0.25, 0.3) is 0 Å². The number of benzene rings is 1. The first-order valence-electron chi connectivity index (χ1n) is 6.72. The van der Waals surface area contributed by atoms with Gasteiger partial charge in [-0.15, -0.1) is 5.10 Å². The van der Waals surface area contributed by atoms with E-state index in [2.05, 4.69) is 45.2 Å². The fourth-order valence-electron chi connectivity index (χ4n) is 2.34. The second kappa shape index (κ2) is 5.40. The maximum Gasteiger partial charge on any atom is 0.245 e. The smallest absolute Gasteiger partial charge is 0.245 e. The largest absolute Gasteiger partial charge is 0.378 e. The van der Waals surface area contributed by atoms with E-state index in [1.54, 1.807) is 0 Å². The second-order valence-corrected chi connectivity index (χ2v) is 4.59. The number of rotatable bonds is 3. The molecule has 1 fully saturated rings. The molecule has 1 saturated heterocycles. The van der Waals surface area contributed by atoms with Crippen LogP contribution in [0.2, 0.25) is 0 Å². The third-order valence-electron chi connectivity index (χ3n) is 3.42. The minimum Gasteiger partial charge on any atom is -0.378 e. The van der Waals surface area contributed by atoms with Gasteiger partial charge >= 0.3 is 0 Å². The lowest BCUT2D eigenvalue weighted by Crippen LogP contribution is -2.36.